The van der Waals surface area contributed by atoms with Gasteiger partial charge in [-0.2, -0.15) is 13.2 Å². The molecule has 1 amide bonds. The van der Waals surface area contributed by atoms with E-state index < -0.39 is 54.6 Å². The van der Waals surface area contributed by atoms with Crippen LogP contribution in [0.15, 0.2) is 47.3 Å². The molecule has 3 rings (SSSR count). The van der Waals surface area contributed by atoms with Gasteiger partial charge in [-0.3, -0.25) is 9.36 Å². The number of ether oxygens (including phenoxy) is 1. The third kappa shape index (κ3) is 8.97. The number of Topliss-reactive ketones (excluding diaryl/α,β-unsaturated/α-hetero) is 1. The third-order valence-corrected chi connectivity index (χ3v) is 6.93. The van der Waals surface area contributed by atoms with Crippen molar-refractivity contribution in [3.63, 3.8) is 0 Å². The molecule has 1 unspecified atom stereocenters. The molecule has 0 spiro atoms. The molecule has 2 atom stereocenters. The summed E-state index contributed by atoms with van der Waals surface area (Å²) < 4.78 is 46.0. The smallest absolute Gasteiger partial charge is 0.416 e. The van der Waals surface area contributed by atoms with E-state index in [1.165, 1.54) is 24.3 Å². The van der Waals surface area contributed by atoms with Crippen LogP contribution in [-0.4, -0.2) is 49.2 Å². The number of alkyl carbamates (subject to hydrolysis) is 1. The van der Waals surface area contributed by atoms with E-state index in [1.807, 2.05) is 0 Å². The fourth-order valence-electron chi connectivity index (χ4n) is 3.89. The Morgan fingerprint density at radius 3 is 2.31 bits per heavy atom. The van der Waals surface area contributed by atoms with E-state index in [4.69, 9.17) is 39.5 Å². The molecular weight excluding hydrogens is 624 g/mol. The number of amides is 1. The second kappa shape index (κ2) is 13.5. The Labute approximate surface area is 254 Å². The van der Waals surface area contributed by atoms with Gasteiger partial charge in [0, 0.05) is 17.0 Å². The van der Waals surface area contributed by atoms with E-state index in [2.05, 4.69) is 10.4 Å². The molecule has 3 aromatic rings. The minimum Gasteiger partial charge on any atom is -0.444 e. The van der Waals surface area contributed by atoms with Gasteiger partial charge >= 0.3 is 18.0 Å². The Kier molecular flexibility index (Phi) is 10.7. The molecule has 228 valence electrons. The van der Waals surface area contributed by atoms with Gasteiger partial charge in [0.2, 0.25) is 0 Å². The van der Waals surface area contributed by atoms with E-state index in [-0.39, 0.29) is 34.3 Å². The minimum absolute atomic E-state index is 0.0183. The van der Waals surface area contributed by atoms with Crippen LogP contribution in [-0.2, 0) is 22.6 Å². The van der Waals surface area contributed by atoms with E-state index in [0.717, 1.165) is 4.68 Å². The maximum Gasteiger partial charge on any atom is 0.416 e. The Morgan fingerprint density at radius 1 is 1.07 bits per heavy atom. The number of aliphatic hydroxyl groups is 1. The van der Waals surface area contributed by atoms with Crippen molar-refractivity contribution < 1.29 is 32.6 Å². The van der Waals surface area contributed by atoms with Crippen LogP contribution >= 0.6 is 34.8 Å². The number of aliphatic hydroxyl groups excluding tert-OH is 1. The van der Waals surface area contributed by atoms with Gasteiger partial charge in [-0.25, -0.2) is 14.3 Å². The van der Waals surface area contributed by atoms with Gasteiger partial charge in [-0.15, -0.1) is 5.10 Å². The van der Waals surface area contributed by atoms with Crippen LogP contribution in [0.3, 0.4) is 0 Å². The summed E-state index contributed by atoms with van der Waals surface area (Å²) in [5.74, 6) is -0.710. The summed E-state index contributed by atoms with van der Waals surface area (Å²) in [4.78, 5) is 38.6. The zero-order valence-electron chi connectivity index (χ0n) is 22.7. The highest BCUT2D eigenvalue weighted by Gasteiger charge is 2.39. The number of nitrogens with one attached hydrogen (secondary N) is 1. The molecule has 0 aliphatic heterocycles. The molecule has 2 N–H and O–H groups in total. The van der Waals surface area contributed by atoms with Gasteiger partial charge in [0.1, 0.15) is 12.1 Å². The molecule has 0 aliphatic rings. The van der Waals surface area contributed by atoms with Gasteiger partial charge in [-0.1, -0.05) is 46.9 Å². The molecule has 1 aromatic heterocycles. The molecule has 0 fully saturated rings. The van der Waals surface area contributed by atoms with Crippen molar-refractivity contribution in [2.75, 3.05) is 0 Å². The first-order chi connectivity index (χ1) is 19.5. The van der Waals surface area contributed by atoms with Crippen molar-refractivity contribution >= 4 is 46.7 Å². The predicted molar refractivity (Wildman–Crippen MR) is 152 cm³/mol. The number of ketones is 1. The fraction of sp³-hybridized carbons (Fsp3) is 0.407. The van der Waals surface area contributed by atoms with Crippen LogP contribution < -0.4 is 11.0 Å². The summed E-state index contributed by atoms with van der Waals surface area (Å²) in [6, 6.07) is 9.77. The fourth-order valence-corrected chi connectivity index (χ4v) is 4.46. The van der Waals surface area contributed by atoms with Crippen molar-refractivity contribution in [1.29, 1.82) is 0 Å². The number of nitrogens with zero attached hydrogens (tertiary/aromatic N) is 3. The van der Waals surface area contributed by atoms with Crippen molar-refractivity contribution in [3.05, 3.63) is 73.6 Å². The third-order valence-electron chi connectivity index (χ3n) is 5.84. The van der Waals surface area contributed by atoms with Gasteiger partial charge in [0.25, 0.3) is 0 Å². The molecule has 0 radical (unpaired) electrons. The number of halogens is 6. The summed E-state index contributed by atoms with van der Waals surface area (Å²) in [7, 11) is 0. The molecule has 2 aromatic carbocycles. The van der Waals surface area contributed by atoms with Crippen molar-refractivity contribution in [3.8, 4) is 11.4 Å². The largest absolute Gasteiger partial charge is 0.444 e. The van der Waals surface area contributed by atoms with Crippen molar-refractivity contribution in [2.24, 2.45) is 0 Å². The van der Waals surface area contributed by atoms with Gasteiger partial charge in [0.05, 0.1) is 22.6 Å². The van der Waals surface area contributed by atoms with Gasteiger partial charge < -0.3 is 15.2 Å². The van der Waals surface area contributed by atoms with E-state index in [0.29, 0.717) is 15.2 Å². The van der Waals surface area contributed by atoms with Crippen LogP contribution in [0.1, 0.15) is 45.2 Å². The Hall–Kier alpha value is -3.06. The highest BCUT2D eigenvalue weighted by Crippen LogP contribution is 2.32. The molecule has 9 nitrogen and oxygen atoms in total. The van der Waals surface area contributed by atoms with Crippen LogP contribution in [0, 0.1) is 0 Å². The molecule has 1 heterocycles. The normalized spacial score (nSPS) is 13.5. The molecule has 15 heteroatoms. The highest BCUT2D eigenvalue weighted by molar-refractivity contribution is 6.42. The molecular formula is C27H28Cl3F3N4O5. The average Bonchev–Trinajstić information content (AvgIpc) is 3.17. The lowest BCUT2D eigenvalue weighted by atomic mass is 10.0. The number of rotatable bonds is 10. The first-order valence-electron chi connectivity index (χ1n) is 12.6. The summed E-state index contributed by atoms with van der Waals surface area (Å²) in [6.07, 6.45) is -8.78. The number of carbonyl (C=O) groups excluding carboxylic acids is 2. The monoisotopic (exact) mass is 650 g/mol. The zero-order valence-corrected chi connectivity index (χ0v) is 25.0. The maximum absolute atomic E-state index is 13.1. The maximum atomic E-state index is 13.1. The van der Waals surface area contributed by atoms with Crippen LogP contribution in [0.25, 0.3) is 11.4 Å². The number of carbonyl (C=O) groups is 2. The van der Waals surface area contributed by atoms with Gasteiger partial charge in [0.15, 0.2) is 17.7 Å². The molecule has 0 saturated heterocycles. The summed E-state index contributed by atoms with van der Waals surface area (Å²) in [6.45, 7) is 3.32. The van der Waals surface area contributed by atoms with E-state index in [9.17, 15) is 32.7 Å². The van der Waals surface area contributed by atoms with Crippen LogP contribution in [0.2, 0.25) is 15.1 Å². The Bertz CT molecular complexity index is 1480. The predicted octanol–water partition coefficient (Wildman–Crippen LogP) is 6.21. The molecule has 0 aliphatic carbocycles. The summed E-state index contributed by atoms with van der Waals surface area (Å²) >= 11 is 18.4. The zero-order chi connectivity index (χ0) is 31.4. The second-order valence-electron chi connectivity index (χ2n) is 10.4. The summed E-state index contributed by atoms with van der Waals surface area (Å²) in [5.41, 5.74) is -1.16. The number of alkyl halides is 3. The molecule has 0 bridgehead atoms. The van der Waals surface area contributed by atoms with Crippen molar-refractivity contribution in [2.45, 2.75) is 70.6 Å². The van der Waals surface area contributed by atoms with Crippen LogP contribution in [0.4, 0.5) is 18.0 Å². The second-order valence-corrected chi connectivity index (χ2v) is 11.6. The first-order valence-corrected chi connectivity index (χ1v) is 13.7. The Balaban J connectivity index is 1.85. The number of hydrogen-bond acceptors (Lipinski definition) is 6. The van der Waals surface area contributed by atoms with Gasteiger partial charge in [-0.05, 0) is 63.1 Å². The highest BCUT2D eigenvalue weighted by atomic mass is 35.5. The summed E-state index contributed by atoms with van der Waals surface area (Å²) in [5, 5.41) is 17.1. The van der Waals surface area contributed by atoms with E-state index in [1.54, 1.807) is 39.0 Å². The lowest BCUT2D eigenvalue weighted by molar-refractivity contribution is -0.207. The molecule has 42 heavy (non-hydrogen) atoms. The quantitative estimate of drug-likeness (QED) is 0.269. The number of hydrogen-bond donors (Lipinski definition) is 2. The molecule has 0 saturated carbocycles. The average molecular weight is 652 g/mol. The lowest BCUT2D eigenvalue weighted by Crippen LogP contribution is -2.37. The van der Waals surface area contributed by atoms with Crippen molar-refractivity contribution in [1.82, 2.24) is 19.7 Å². The Morgan fingerprint density at radius 2 is 1.71 bits per heavy atom. The minimum atomic E-state index is -4.99. The first kappa shape index (κ1) is 33.4. The number of benzene rings is 2. The lowest BCUT2D eigenvalue weighted by Gasteiger charge is -2.24. The topological polar surface area (TPSA) is 115 Å². The number of aromatic nitrogens is 3. The standard InChI is InChI=1S/C27H28Cl3F3N4O5/c1-26(2,3)42-24(40)34-20(18-5-4-6-19(29)22(18)30)12-11-17(38)13-37-25(41)36(14-21(39)27(31,32)33)23(35-37)15-7-9-16(28)10-8-15/h4-10,20-21,39H,11-14H2,1-3H3,(H,34,40)/t20?,21-/m0/s1. The SMILES string of the molecule is CC(C)(C)OC(=O)NC(CCC(=O)Cn1nc(-c2ccc(Cl)cc2)n(C[C@H](O)C(F)(F)F)c1=O)c1cccc(Cl)c1Cl. The van der Waals surface area contributed by atoms with E-state index >= 15 is 0 Å². The van der Waals surface area contributed by atoms with Crippen LogP contribution in [0.5, 0.6) is 0 Å².